The van der Waals surface area contributed by atoms with Crippen molar-refractivity contribution in [3.8, 4) is 0 Å². The van der Waals surface area contributed by atoms with Crippen LogP contribution in [-0.2, 0) is 6.42 Å². The van der Waals surface area contributed by atoms with Crippen molar-refractivity contribution in [2.75, 3.05) is 5.32 Å². The third-order valence-corrected chi connectivity index (χ3v) is 3.35. The first-order valence-corrected chi connectivity index (χ1v) is 6.95. The zero-order valence-corrected chi connectivity index (χ0v) is 12.6. The predicted octanol–water partition coefficient (Wildman–Crippen LogP) is 4.58. The van der Waals surface area contributed by atoms with E-state index < -0.39 is 0 Å². The van der Waals surface area contributed by atoms with Crippen molar-refractivity contribution >= 4 is 23.1 Å². The summed E-state index contributed by atoms with van der Waals surface area (Å²) in [6.07, 6.45) is 1.67. The number of aryl methyl sites for hydroxylation is 2. The quantitative estimate of drug-likeness (QED) is 0.838. The minimum absolute atomic E-state index is 0.309. The van der Waals surface area contributed by atoms with Gasteiger partial charge in [0, 0.05) is 12.0 Å². The Labute approximate surface area is 123 Å². The molecule has 20 heavy (non-hydrogen) atoms. The van der Waals surface area contributed by atoms with Crippen molar-refractivity contribution < 1.29 is 4.39 Å². The van der Waals surface area contributed by atoms with E-state index in [0.29, 0.717) is 28.0 Å². The first-order valence-electron chi connectivity index (χ1n) is 6.57. The van der Waals surface area contributed by atoms with Crippen molar-refractivity contribution in [2.24, 2.45) is 0 Å². The summed E-state index contributed by atoms with van der Waals surface area (Å²) >= 11 is 6.10. The Morgan fingerprint density at radius 1 is 1.25 bits per heavy atom. The number of anilines is 2. The van der Waals surface area contributed by atoms with Gasteiger partial charge in [-0.15, -0.1) is 0 Å². The van der Waals surface area contributed by atoms with Crippen LogP contribution in [0.15, 0.2) is 18.2 Å². The van der Waals surface area contributed by atoms with Gasteiger partial charge in [0.25, 0.3) is 0 Å². The van der Waals surface area contributed by atoms with E-state index in [2.05, 4.69) is 15.3 Å². The number of nitrogens with zero attached hydrogens (tertiary/aromatic N) is 2. The molecule has 0 aliphatic carbocycles. The molecule has 0 aliphatic rings. The van der Waals surface area contributed by atoms with Crippen molar-refractivity contribution in [3.05, 3.63) is 46.1 Å². The van der Waals surface area contributed by atoms with Crippen LogP contribution in [0.3, 0.4) is 0 Å². The Morgan fingerprint density at radius 2 is 2.00 bits per heavy atom. The fourth-order valence-electron chi connectivity index (χ4n) is 1.84. The van der Waals surface area contributed by atoms with Gasteiger partial charge in [-0.05, 0) is 38.0 Å². The number of rotatable bonds is 4. The molecular weight excluding hydrogens is 277 g/mol. The van der Waals surface area contributed by atoms with Gasteiger partial charge in [0.15, 0.2) is 0 Å². The molecule has 1 N–H and O–H groups in total. The van der Waals surface area contributed by atoms with Crippen LogP contribution in [0.4, 0.5) is 15.9 Å². The Kier molecular flexibility index (Phi) is 4.55. The second-order valence-corrected chi connectivity index (χ2v) is 5.12. The van der Waals surface area contributed by atoms with Gasteiger partial charge in [-0.1, -0.05) is 24.6 Å². The Hall–Kier alpha value is -1.68. The number of benzene rings is 1. The molecule has 0 fully saturated rings. The molecule has 5 heteroatoms. The molecule has 0 unspecified atom stereocenters. The van der Waals surface area contributed by atoms with Gasteiger partial charge >= 0.3 is 0 Å². The summed E-state index contributed by atoms with van der Waals surface area (Å²) in [6, 6.07) is 5.02. The van der Waals surface area contributed by atoms with Crippen molar-refractivity contribution in [2.45, 2.75) is 33.6 Å². The van der Waals surface area contributed by atoms with Gasteiger partial charge in [-0.3, -0.25) is 0 Å². The van der Waals surface area contributed by atoms with Crippen LogP contribution in [0.25, 0.3) is 0 Å². The Balaban J connectivity index is 2.37. The van der Waals surface area contributed by atoms with Gasteiger partial charge < -0.3 is 5.32 Å². The molecule has 0 aliphatic heterocycles. The Morgan fingerprint density at radius 3 is 2.65 bits per heavy atom. The van der Waals surface area contributed by atoms with Crippen LogP contribution in [0.2, 0.25) is 5.15 Å². The average Bonchev–Trinajstić information content (AvgIpc) is 2.39. The third-order valence-electron chi connectivity index (χ3n) is 2.98. The second-order valence-electron chi connectivity index (χ2n) is 4.76. The van der Waals surface area contributed by atoms with Gasteiger partial charge in [0.2, 0.25) is 0 Å². The van der Waals surface area contributed by atoms with Crippen LogP contribution >= 0.6 is 11.6 Å². The number of halogens is 2. The molecule has 2 rings (SSSR count). The monoisotopic (exact) mass is 293 g/mol. The summed E-state index contributed by atoms with van der Waals surface area (Å²) in [4.78, 5) is 8.63. The summed E-state index contributed by atoms with van der Waals surface area (Å²) in [7, 11) is 0. The van der Waals surface area contributed by atoms with Crippen LogP contribution in [-0.4, -0.2) is 9.97 Å². The average molecular weight is 294 g/mol. The summed E-state index contributed by atoms with van der Waals surface area (Å²) in [5.74, 6) is 0.908. The van der Waals surface area contributed by atoms with Crippen LogP contribution in [0.5, 0.6) is 0 Å². The lowest BCUT2D eigenvalue weighted by Crippen LogP contribution is -2.04. The molecule has 0 spiro atoms. The first-order chi connectivity index (χ1) is 9.51. The maximum atomic E-state index is 13.9. The Bertz CT molecular complexity index is 629. The lowest BCUT2D eigenvalue weighted by molar-refractivity contribution is 0.630. The van der Waals surface area contributed by atoms with Crippen molar-refractivity contribution in [1.82, 2.24) is 9.97 Å². The third kappa shape index (κ3) is 3.25. The van der Waals surface area contributed by atoms with Gasteiger partial charge in [0.1, 0.15) is 22.6 Å². The van der Waals surface area contributed by atoms with Crippen LogP contribution in [0.1, 0.15) is 30.3 Å². The van der Waals surface area contributed by atoms with E-state index in [-0.39, 0.29) is 5.82 Å². The fraction of sp³-hybridized carbons (Fsp3) is 0.333. The molecule has 2 aromatic rings. The number of hydrogen-bond donors (Lipinski definition) is 1. The smallest absolute Gasteiger partial charge is 0.146 e. The van der Waals surface area contributed by atoms with Gasteiger partial charge in [-0.25, -0.2) is 14.4 Å². The van der Waals surface area contributed by atoms with Crippen molar-refractivity contribution in [1.29, 1.82) is 0 Å². The van der Waals surface area contributed by atoms with Crippen LogP contribution < -0.4 is 5.32 Å². The van der Waals surface area contributed by atoms with E-state index in [9.17, 15) is 4.39 Å². The molecule has 0 radical (unpaired) electrons. The minimum Gasteiger partial charge on any atom is -0.337 e. The minimum atomic E-state index is -0.309. The van der Waals surface area contributed by atoms with Crippen molar-refractivity contribution in [3.63, 3.8) is 0 Å². The SMILES string of the molecule is CCCc1nc(Cl)c(C)c(Nc2ccc(C)cc2F)n1. The molecule has 0 bridgehead atoms. The number of nitrogens with one attached hydrogen (secondary N) is 1. The molecule has 0 saturated carbocycles. The maximum absolute atomic E-state index is 13.9. The number of hydrogen-bond acceptors (Lipinski definition) is 3. The standard InChI is InChI=1S/C15H17ClFN3/c1-4-5-13-19-14(16)10(3)15(20-13)18-12-7-6-9(2)8-11(12)17/h6-8H,4-5H2,1-3H3,(H,18,19,20). The first kappa shape index (κ1) is 14.7. The molecular formula is C15H17ClFN3. The zero-order valence-electron chi connectivity index (χ0n) is 11.8. The molecule has 1 aromatic heterocycles. The van der Waals surface area contributed by atoms with Gasteiger partial charge in [-0.2, -0.15) is 0 Å². The topological polar surface area (TPSA) is 37.8 Å². The highest BCUT2D eigenvalue weighted by Crippen LogP contribution is 2.25. The second kappa shape index (κ2) is 6.18. The summed E-state index contributed by atoms with van der Waals surface area (Å²) in [6.45, 7) is 5.70. The van der Waals surface area contributed by atoms with Crippen LogP contribution in [0, 0.1) is 19.7 Å². The number of aromatic nitrogens is 2. The summed E-state index contributed by atoms with van der Waals surface area (Å²) < 4.78 is 13.9. The highest BCUT2D eigenvalue weighted by atomic mass is 35.5. The molecule has 0 atom stereocenters. The lowest BCUT2D eigenvalue weighted by atomic mass is 10.2. The fourth-order valence-corrected chi connectivity index (χ4v) is 2.03. The van der Waals surface area contributed by atoms with E-state index in [1.165, 1.54) is 6.07 Å². The van der Waals surface area contributed by atoms with E-state index in [1.807, 2.05) is 26.8 Å². The molecule has 1 aromatic carbocycles. The lowest BCUT2D eigenvalue weighted by Gasteiger charge is -2.12. The normalized spacial score (nSPS) is 10.7. The largest absolute Gasteiger partial charge is 0.337 e. The molecule has 0 amide bonds. The highest BCUT2D eigenvalue weighted by Gasteiger charge is 2.11. The molecule has 1 heterocycles. The van der Waals surface area contributed by atoms with E-state index >= 15 is 0 Å². The maximum Gasteiger partial charge on any atom is 0.146 e. The molecule has 3 nitrogen and oxygen atoms in total. The van der Waals surface area contributed by atoms with E-state index in [0.717, 1.165) is 18.4 Å². The molecule has 0 saturated heterocycles. The predicted molar refractivity (Wildman–Crippen MR) is 80.2 cm³/mol. The summed E-state index contributed by atoms with van der Waals surface area (Å²) in [5.41, 5.74) is 1.97. The zero-order chi connectivity index (χ0) is 14.7. The van der Waals surface area contributed by atoms with Gasteiger partial charge in [0.05, 0.1) is 5.69 Å². The highest BCUT2D eigenvalue weighted by molar-refractivity contribution is 6.30. The van der Waals surface area contributed by atoms with E-state index in [1.54, 1.807) is 6.07 Å². The summed E-state index contributed by atoms with van der Waals surface area (Å²) in [5, 5.41) is 3.40. The van der Waals surface area contributed by atoms with E-state index in [4.69, 9.17) is 11.6 Å². The molecule has 106 valence electrons.